The molecule has 150 valence electrons. The number of hydrogen-bond acceptors (Lipinski definition) is 5. The summed E-state index contributed by atoms with van der Waals surface area (Å²) in [4.78, 5) is 33.9. The Morgan fingerprint density at radius 1 is 1.10 bits per heavy atom. The molecule has 0 fully saturated rings. The molecular weight excluding hydrogens is 385 g/mol. The van der Waals surface area contributed by atoms with Gasteiger partial charge in [-0.2, -0.15) is 0 Å². The molecule has 2 aromatic heterocycles. The van der Waals surface area contributed by atoms with Crippen LogP contribution in [0.2, 0.25) is 0 Å². The molecule has 0 aliphatic rings. The summed E-state index contributed by atoms with van der Waals surface area (Å²) in [5.41, 5.74) is 2.04. The second-order valence-electron chi connectivity index (χ2n) is 6.83. The van der Waals surface area contributed by atoms with Gasteiger partial charge in [0.2, 0.25) is 0 Å². The van der Waals surface area contributed by atoms with Crippen molar-refractivity contribution >= 4 is 16.9 Å². The number of aryl methyl sites for hydroxylation is 1. The third-order valence-electron chi connectivity index (χ3n) is 4.71. The Hall–Kier alpha value is -3.87. The van der Waals surface area contributed by atoms with Crippen molar-refractivity contribution in [3.63, 3.8) is 0 Å². The van der Waals surface area contributed by atoms with Gasteiger partial charge >= 0.3 is 5.97 Å². The van der Waals surface area contributed by atoms with Gasteiger partial charge in [0.1, 0.15) is 12.4 Å². The van der Waals surface area contributed by atoms with Crippen molar-refractivity contribution < 1.29 is 13.9 Å². The van der Waals surface area contributed by atoms with Crippen molar-refractivity contribution in [2.24, 2.45) is 0 Å². The molecule has 4 aromatic rings. The van der Waals surface area contributed by atoms with Crippen molar-refractivity contribution in [2.75, 3.05) is 0 Å². The average Bonchev–Trinajstić information content (AvgIpc) is 2.75. The Bertz CT molecular complexity index is 1270. The summed E-state index contributed by atoms with van der Waals surface area (Å²) in [5.74, 6) is -1.11. The first-order valence-electron chi connectivity index (χ1n) is 9.33. The molecule has 0 N–H and O–H groups in total. The summed E-state index contributed by atoms with van der Waals surface area (Å²) in [6.45, 7) is 1.54. The highest BCUT2D eigenvalue weighted by Gasteiger charge is 2.21. The van der Waals surface area contributed by atoms with Crippen LogP contribution in [0.25, 0.3) is 10.9 Å². The summed E-state index contributed by atoms with van der Waals surface area (Å²) < 4.78 is 20.6. The molecule has 7 heteroatoms. The number of aromatic nitrogens is 3. The van der Waals surface area contributed by atoms with E-state index in [1.165, 1.54) is 29.1 Å². The lowest BCUT2D eigenvalue weighted by Gasteiger charge is -2.18. The van der Waals surface area contributed by atoms with E-state index in [4.69, 9.17) is 4.74 Å². The fourth-order valence-electron chi connectivity index (χ4n) is 3.26. The van der Waals surface area contributed by atoms with E-state index in [0.717, 1.165) is 5.56 Å². The van der Waals surface area contributed by atoms with Gasteiger partial charge in [-0.3, -0.25) is 19.1 Å². The average molecular weight is 403 g/mol. The quantitative estimate of drug-likeness (QED) is 0.476. The number of ether oxygens (including phenoxy) is 1. The van der Waals surface area contributed by atoms with Crippen LogP contribution in [0, 0.1) is 12.7 Å². The highest BCUT2D eigenvalue weighted by Crippen LogP contribution is 2.25. The minimum atomic E-state index is -0.902. The van der Waals surface area contributed by atoms with Crippen molar-refractivity contribution in [1.29, 1.82) is 0 Å². The number of carbonyl (C=O) groups is 1. The van der Waals surface area contributed by atoms with Crippen LogP contribution in [-0.2, 0) is 16.1 Å². The van der Waals surface area contributed by atoms with Gasteiger partial charge in [0.15, 0.2) is 6.10 Å². The van der Waals surface area contributed by atoms with Crippen LogP contribution in [0.15, 0.2) is 78.0 Å². The van der Waals surface area contributed by atoms with E-state index in [1.54, 1.807) is 42.6 Å². The van der Waals surface area contributed by atoms with Crippen molar-refractivity contribution in [2.45, 2.75) is 19.6 Å². The van der Waals surface area contributed by atoms with Crippen LogP contribution in [-0.4, -0.2) is 20.5 Å². The molecule has 6 nitrogen and oxygen atoms in total. The molecule has 0 saturated carbocycles. The molecule has 0 aliphatic carbocycles. The van der Waals surface area contributed by atoms with Gasteiger partial charge in [-0.05, 0) is 42.8 Å². The Kier molecular flexibility index (Phi) is 5.34. The normalized spacial score (nSPS) is 11.9. The number of rotatable bonds is 5. The van der Waals surface area contributed by atoms with Gasteiger partial charge in [-0.15, -0.1) is 0 Å². The van der Waals surface area contributed by atoms with E-state index in [2.05, 4.69) is 9.97 Å². The van der Waals surface area contributed by atoms with Gasteiger partial charge in [-0.25, -0.2) is 9.37 Å². The molecule has 30 heavy (non-hydrogen) atoms. The third-order valence-corrected chi connectivity index (χ3v) is 4.71. The monoisotopic (exact) mass is 403 g/mol. The fraction of sp³-hybridized carbons (Fsp3) is 0.130. The number of hydrogen-bond donors (Lipinski definition) is 0. The number of pyridine rings is 1. The molecule has 0 aliphatic heterocycles. The lowest BCUT2D eigenvalue weighted by Crippen LogP contribution is -2.27. The predicted octanol–water partition coefficient (Wildman–Crippen LogP) is 3.57. The fourth-order valence-corrected chi connectivity index (χ4v) is 3.26. The zero-order valence-electron chi connectivity index (χ0n) is 16.2. The van der Waals surface area contributed by atoms with E-state index in [9.17, 15) is 14.0 Å². The van der Waals surface area contributed by atoms with Gasteiger partial charge < -0.3 is 4.74 Å². The highest BCUT2D eigenvalue weighted by atomic mass is 19.1. The number of benzene rings is 2. The van der Waals surface area contributed by atoms with Crippen LogP contribution in [0.3, 0.4) is 0 Å². The zero-order chi connectivity index (χ0) is 21.1. The maximum absolute atomic E-state index is 13.7. The van der Waals surface area contributed by atoms with E-state index < -0.39 is 17.9 Å². The molecule has 0 saturated heterocycles. The first-order valence-corrected chi connectivity index (χ1v) is 9.33. The summed E-state index contributed by atoms with van der Waals surface area (Å²) in [6.07, 6.45) is 1.99. The topological polar surface area (TPSA) is 74.1 Å². The SMILES string of the molecule is Cc1cccc2c(=O)n(CC(=O)OC(c3cccc(F)c3)c3ccccn3)cnc12. The van der Waals surface area contributed by atoms with Gasteiger partial charge in [0.05, 0.1) is 22.9 Å². The molecule has 4 rings (SSSR count). The maximum Gasteiger partial charge on any atom is 0.327 e. The third kappa shape index (κ3) is 3.96. The van der Waals surface area contributed by atoms with E-state index in [0.29, 0.717) is 22.2 Å². The predicted molar refractivity (Wildman–Crippen MR) is 109 cm³/mol. The van der Waals surface area contributed by atoms with Gasteiger partial charge in [-0.1, -0.05) is 30.3 Å². The van der Waals surface area contributed by atoms with Crippen LogP contribution >= 0.6 is 0 Å². The van der Waals surface area contributed by atoms with Crippen LogP contribution in [0.4, 0.5) is 4.39 Å². The lowest BCUT2D eigenvalue weighted by molar-refractivity contribution is -0.148. The Morgan fingerprint density at radius 2 is 1.93 bits per heavy atom. The summed E-state index contributed by atoms with van der Waals surface area (Å²) in [6, 6.07) is 16.3. The molecule has 2 heterocycles. The Morgan fingerprint density at radius 3 is 2.70 bits per heavy atom. The van der Waals surface area contributed by atoms with Crippen LogP contribution in [0.1, 0.15) is 22.9 Å². The van der Waals surface area contributed by atoms with Crippen molar-refractivity contribution in [3.8, 4) is 0 Å². The maximum atomic E-state index is 13.7. The number of nitrogens with zero attached hydrogens (tertiary/aromatic N) is 3. The first-order chi connectivity index (χ1) is 14.5. The summed E-state index contributed by atoms with van der Waals surface area (Å²) >= 11 is 0. The minimum Gasteiger partial charge on any atom is -0.450 e. The van der Waals surface area contributed by atoms with E-state index in [1.807, 2.05) is 13.0 Å². The van der Waals surface area contributed by atoms with Crippen LogP contribution < -0.4 is 5.56 Å². The standard InChI is InChI=1S/C23H18FN3O3/c1-15-6-4-9-18-21(15)26-14-27(23(18)29)13-20(28)30-22(19-10-2-3-11-25-19)16-7-5-8-17(24)12-16/h2-12,14,22H,13H2,1H3. The Labute approximate surface area is 171 Å². The largest absolute Gasteiger partial charge is 0.450 e. The number of fused-ring (bicyclic) bond motifs is 1. The molecule has 2 aromatic carbocycles. The minimum absolute atomic E-state index is 0.325. The molecule has 0 bridgehead atoms. The molecule has 0 radical (unpaired) electrons. The smallest absolute Gasteiger partial charge is 0.327 e. The molecule has 1 atom stereocenters. The molecule has 0 amide bonds. The summed E-state index contributed by atoms with van der Waals surface area (Å²) in [5, 5.41) is 0.428. The first kappa shape index (κ1) is 19.4. The number of halogens is 1. The molecule has 0 spiro atoms. The number of esters is 1. The molecular formula is C23H18FN3O3. The summed E-state index contributed by atoms with van der Waals surface area (Å²) in [7, 11) is 0. The second kappa shape index (κ2) is 8.24. The number of para-hydroxylation sites is 1. The Balaban J connectivity index is 1.63. The lowest BCUT2D eigenvalue weighted by atomic mass is 10.1. The highest BCUT2D eigenvalue weighted by molar-refractivity contribution is 5.80. The van der Waals surface area contributed by atoms with Crippen LogP contribution in [0.5, 0.6) is 0 Å². The van der Waals surface area contributed by atoms with Gasteiger partial charge in [0.25, 0.3) is 5.56 Å². The van der Waals surface area contributed by atoms with Gasteiger partial charge in [0, 0.05) is 11.8 Å². The number of carbonyl (C=O) groups excluding carboxylic acids is 1. The zero-order valence-corrected chi connectivity index (χ0v) is 16.2. The van der Waals surface area contributed by atoms with E-state index in [-0.39, 0.29) is 12.1 Å². The van der Waals surface area contributed by atoms with Crippen molar-refractivity contribution in [3.05, 3.63) is 106 Å². The van der Waals surface area contributed by atoms with Crippen molar-refractivity contribution in [1.82, 2.24) is 14.5 Å². The van der Waals surface area contributed by atoms with E-state index >= 15 is 0 Å². The molecule has 1 unspecified atom stereocenters. The second-order valence-corrected chi connectivity index (χ2v) is 6.83.